The molecule has 18 heavy (non-hydrogen) atoms. The fourth-order valence-corrected chi connectivity index (χ4v) is 5.33. The summed E-state index contributed by atoms with van der Waals surface area (Å²) < 4.78 is 26.8. The number of aliphatic hydroxyl groups is 1. The van der Waals surface area contributed by atoms with Crippen LogP contribution in [0.1, 0.15) is 24.6 Å². The first-order valence-electron chi connectivity index (χ1n) is 6.24. The molecule has 4 nitrogen and oxygen atoms in total. The Morgan fingerprint density at radius 1 is 1.50 bits per heavy atom. The van der Waals surface area contributed by atoms with Crippen molar-refractivity contribution in [3.05, 3.63) is 17.0 Å². The quantitative estimate of drug-likeness (QED) is 0.918. The highest BCUT2D eigenvalue weighted by molar-refractivity contribution is 7.91. The van der Waals surface area contributed by atoms with Crippen molar-refractivity contribution in [2.24, 2.45) is 5.92 Å². The van der Waals surface area contributed by atoms with Crippen molar-refractivity contribution >= 4 is 21.4 Å². The summed E-state index contributed by atoms with van der Waals surface area (Å²) in [4.78, 5) is 0.918. The highest BCUT2D eigenvalue weighted by Gasteiger charge is 2.29. The van der Waals surface area contributed by atoms with Crippen LogP contribution in [-0.2, 0) is 16.4 Å². The summed E-state index contributed by atoms with van der Waals surface area (Å²) in [6, 6.07) is 3.45. The van der Waals surface area contributed by atoms with Gasteiger partial charge in [-0.05, 0) is 30.9 Å². The fraction of sp³-hybridized carbons (Fsp3) is 0.667. The molecule has 0 aromatic carbocycles. The molecule has 0 bridgehead atoms. The number of piperidine rings is 1. The number of thiophene rings is 1. The van der Waals surface area contributed by atoms with Crippen LogP contribution in [0.5, 0.6) is 0 Å². The lowest BCUT2D eigenvalue weighted by Crippen LogP contribution is -2.38. The van der Waals surface area contributed by atoms with Crippen molar-refractivity contribution < 1.29 is 13.5 Å². The van der Waals surface area contributed by atoms with Crippen LogP contribution in [0.3, 0.4) is 0 Å². The highest BCUT2D eigenvalue weighted by Crippen LogP contribution is 2.28. The first-order valence-corrected chi connectivity index (χ1v) is 8.49. The topological polar surface area (TPSA) is 57.6 Å². The SMILES string of the molecule is CC1CCCN(S(=O)(=O)c2ccc(CCO)s2)C1. The molecule has 1 aliphatic heterocycles. The second-order valence-corrected chi connectivity index (χ2v) is 8.14. The summed E-state index contributed by atoms with van der Waals surface area (Å²) >= 11 is 1.27. The van der Waals surface area contributed by atoms with Crippen LogP contribution in [-0.4, -0.2) is 37.5 Å². The van der Waals surface area contributed by atoms with Gasteiger partial charge in [0.2, 0.25) is 0 Å². The molecule has 2 heterocycles. The molecular formula is C12H19NO3S2. The number of hydrogen-bond donors (Lipinski definition) is 1. The van der Waals surface area contributed by atoms with Gasteiger partial charge in [0.05, 0.1) is 0 Å². The maximum atomic E-state index is 12.4. The predicted molar refractivity (Wildman–Crippen MR) is 72.3 cm³/mol. The van der Waals surface area contributed by atoms with E-state index in [4.69, 9.17) is 5.11 Å². The molecule has 0 amide bonds. The summed E-state index contributed by atoms with van der Waals surface area (Å²) in [5.41, 5.74) is 0. The van der Waals surface area contributed by atoms with Gasteiger partial charge in [0.1, 0.15) is 4.21 Å². The Hall–Kier alpha value is -0.430. The Labute approximate surface area is 112 Å². The molecule has 1 aliphatic rings. The van der Waals surface area contributed by atoms with Gasteiger partial charge in [-0.3, -0.25) is 0 Å². The van der Waals surface area contributed by atoms with Gasteiger partial charge in [0.15, 0.2) is 0 Å². The smallest absolute Gasteiger partial charge is 0.252 e. The molecule has 0 spiro atoms. The van der Waals surface area contributed by atoms with Crippen LogP contribution in [0.2, 0.25) is 0 Å². The minimum Gasteiger partial charge on any atom is -0.396 e. The van der Waals surface area contributed by atoms with E-state index in [-0.39, 0.29) is 6.61 Å². The van der Waals surface area contributed by atoms with Crippen molar-refractivity contribution in [1.29, 1.82) is 0 Å². The lowest BCUT2D eigenvalue weighted by Gasteiger charge is -2.29. The first-order chi connectivity index (χ1) is 8.54. The number of aliphatic hydroxyl groups excluding tert-OH is 1. The Balaban J connectivity index is 2.18. The normalized spacial score (nSPS) is 22.2. The Morgan fingerprint density at radius 2 is 2.28 bits per heavy atom. The van der Waals surface area contributed by atoms with E-state index in [1.807, 2.05) is 0 Å². The van der Waals surface area contributed by atoms with Crippen molar-refractivity contribution in [2.75, 3.05) is 19.7 Å². The van der Waals surface area contributed by atoms with E-state index in [9.17, 15) is 8.42 Å². The van der Waals surface area contributed by atoms with E-state index >= 15 is 0 Å². The average Bonchev–Trinajstić information content (AvgIpc) is 2.79. The third-order valence-corrected chi connectivity index (χ3v) is 6.69. The van der Waals surface area contributed by atoms with Crippen LogP contribution in [0.4, 0.5) is 0 Å². The number of nitrogens with zero attached hydrogens (tertiary/aromatic N) is 1. The molecular weight excluding hydrogens is 270 g/mol. The van der Waals surface area contributed by atoms with Crippen LogP contribution >= 0.6 is 11.3 Å². The van der Waals surface area contributed by atoms with E-state index in [0.717, 1.165) is 17.7 Å². The van der Waals surface area contributed by atoms with Gasteiger partial charge in [0, 0.05) is 31.0 Å². The fourth-order valence-electron chi connectivity index (χ4n) is 2.23. The van der Waals surface area contributed by atoms with Crippen LogP contribution < -0.4 is 0 Å². The van der Waals surface area contributed by atoms with Crippen molar-refractivity contribution in [3.8, 4) is 0 Å². The van der Waals surface area contributed by atoms with Gasteiger partial charge in [-0.15, -0.1) is 11.3 Å². The van der Waals surface area contributed by atoms with E-state index in [1.54, 1.807) is 16.4 Å². The summed E-state index contributed by atoms with van der Waals surface area (Å²) in [5.74, 6) is 0.436. The number of rotatable bonds is 4. The third kappa shape index (κ3) is 2.93. The van der Waals surface area contributed by atoms with E-state index < -0.39 is 10.0 Å². The van der Waals surface area contributed by atoms with Gasteiger partial charge in [-0.25, -0.2) is 8.42 Å². The minimum atomic E-state index is -3.32. The van der Waals surface area contributed by atoms with Gasteiger partial charge in [-0.2, -0.15) is 4.31 Å². The first kappa shape index (κ1) is 14.0. The summed E-state index contributed by atoms with van der Waals surface area (Å²) in [6.45, 7) is 3.39. The van der Waals surface area contributed by atoms with Crippen molar-refractivity contribution in [1.82, 2.24) is 4.31 Å². The molecule has 0 radical (unpaired) electrons. The molecule has 1 atom stereocenters. The van der Waals surface area contributed by atoms with Gasteiger partial charge >= 0.3 is 0 Å². The maximum absolute atomic E-state index is 12.4. The number of sulfonamides is 1. The highest BCUT2D eigenvalue weighted by atomic mass is 32.2. The molecule has 1 unspecified atom stereocenters. The molecule has 2 rings (SSSR count). The Kier molecular flexibility index (Phi) is 4.42. The van der Waals surface area contributed by atoms with Crippen LogP contribution in [0.15, 0.2) is 16.3 Å². The standard InChI is InChI=1S/C12H19NO3S2/c1-10-3-2-7-13(9-10)18(15,16)12-5-4-11(17-12)6-8-14/h4-5,10,14H,2-3,6-9H2,1H3. The largest absolute Gasteiger partial charge is 0.396 e. The van der Waals surface area contributed by atoms with Crippen LogP contribution in [0, 0.1) is 5.92 Å². The third-order valence-electron chi connectivity index (χ3n) is 3.21. The summed E-state index contributed by atoms with van der Waals surface area (Å²) in [5, 5.41) is 8.86. The second-order valence-electron chi connectivity index (χ2n) is 4.80. The monoisotopic (exact) mass is 289 g/mol. The lowest BCUT2D eigenvalue weighted by molar-refractivity contribution is 0.281. The molecule has 6 heteroatoms. The van der Waals surface area contributed by atoms with Crippen molar-refractivity contribution in [3.63, 3.8) is 0 Å². The zero-order chi connectivity index (χ0) is 13.2. The summed E-state index contributed by atoms with van der Waals surface area (Å²) in [7, 11) is -3.32. The molecule has 1 fully saturated rings. The van der Waals surface area contributed by atoms with E-state index in [2.05, 4.69) is 6.92 Å². The van der Waals surface area contributed by atoms with Gasteiger partial charge in [-0.1, -0.05) is 6.92 Å². The molecule has 1 N–H and O–H groups in total. The van der Waals surface area contributed by atoms with E-state index in [1.165, 1.54) is 11.3 Å². The van der Waals surface area contributed by atoms with Gasteiger partial charge < -0.3 is 5.11 Å². The van der Waals surface area contributed by atoms with E-state index in [0.29, 0.717) is 29.6 Å². The number of hydrogen-bond acceptors (Lipinski definition) is 4. The molecule has 1 saturated heterocycles. The summed E-state index contributed by atoms with van der Waals surface area (Å²) in [6.07, 6.45) is 2.57. The Bertz CT molecular complexity index is 495. The molecule has 102 valence electrons. The Morgan fingerprint density at radius 3 is 2.94 bits per heavy atom. The van der Waals surface area contributed by atoms with Crippen molar-refractivity contribution in [2.45, 2.75) is 30.4 Å². The molecule has 1 aromatic heterocycles. The second kappa shape index (κ2) is 5.69. The zero-order valence-electron chi connectivity index (χ0n) is 10.5. The molecule has 0 saturated carbocycles. The predicted octanol–water partition coefficient (Wildman–Crippen LogP) is 1.70. The molecule has 0 aliphatic carbocycles. The van der Waals surface area contributed by atoms with Gasteiger partial charge in [0.25, 0.3) is 10.0 Å². The lowest BCUT2D eigenvalue weighted by atomic mass is 10.0. The van der Waals surface area contributed by atoms with Crippen LogP contribution in [0.25, 0.3) is 0 Å². The minimum absolute atomic E-state index is 0.0563. The maximum Gasteiger partial charge on any atom is 0.252 e. The average molecular weight is 289 g/mol. The zero-order valence-corrected chi connectivity index (χ0v) is 12.1. The molecule has 1 aromatic rings.